The Bertz CT molecular complexity index is 492. The third-order valence-corrected chi connectivity index (χ3v) is 7.51. The van der Waals surface area contributed by atoms with Crippen molar-refractivity contribution in [3.05, 3.63) is 0 Å². The summed E-state index contributed by atoms with van der Waals surface area (Å²) in [6.45, 7) is 8.10. The molecule has 0 saturated heterocycles. The molecule has 0 N–H and O–H groups in total. The lowest BCUT2D eigenvalue weighted by Gasteiger charge is -2.41. The van der Waals surface area contributed by atoms with E-state index in [4.69, 9.17) is 4.74 Å². The molecular formula is C20H31FO2. The van der Waals surface area contributed by atoms with E-state index in [1.807, 2.05) is 20.8 Å². The Morgan fingerprint density at radius 1 is 1.00 bits per heavy atom. The molecule has 9 unspecified atom stereocenters. The summed E-state index contributed by atoms with van der Waals surface area (Å²) in [5, 5.41) is 0. The Morgan fingerprint density at radius 3 is 2.26 bits per heavy atom. The van der Waals surface area contributed by atoms with Gasteiger partial charge in [0.05, 0.1) is 5.92 Å². The van der Waals surface area contributed by atoms with E-state index in [1.54, 1.807) is 0 Å². The first-order valence-corrected chi connectivity index (χ1v) is 9.63. The number of hydrogen-bond donors (Lipinski definition) is 0. The van der Waals surface area contributed by atoms with Crippen molar-refractivity contribution in [1.29, 1.82) is 0 Å². The van der Waals surface area contributed by atoms with Gasteiger partial charge in [0.25, 0.3) is 0 Å². The molecule has 0 aromatic rings. The van der Waals surface area contributed by atoms with E-state index >= 15 is 0 Å². The van der Waals surface area contributed by atoms with Crippen molar-refractivity contribution in [1.82, 2.24) is 0 Å². The van der Waals surface area contributed by atoms with Gasteiger partial charge in [0, 0.05) is 0 Å². The van der Waals surface area contributed by atoms with Crippen LogP contribution in [-0.2, 0) is 9.53 Å². The number of alkyl halides is 1. The molecule has 2 nitrogen and oxygen atoms in total. The van der Waals surface area contributed by atoms with Crippen molar-refractivity contribution in [2.45, 2.75) is 71.6 Å². The number of carbonyl (C=O) groups is 1. The van der Waals surface area contributed by atoms with Gasteiger partial charge in [-0.2, -0.15) is 0 Å². The van der Waals surface area contributed by atoms with Gasteiger partial charge in [-0.05, 0) is 94.3 Å². The first kappa shape index (κ1) is 15.9. The van der Waals surface area contributed by atoms with Crippen molar-refractivity contribution in [3.8, 4) is 0 Å². The normalized spacial score (nSPS) is 51.4. The molecule has 23 heavy (non-hydrogen) atoms. The van der Waals surface area contributed by atoms with Crippen LogP contribution in [0.15, 0.2) is 0 Å². The molecule has 0 heterocycles. The number of rotatable bonds is 2. The summed E-state index contributed by atoms with van der Waals surface area (Å²) in [5.41, 5.74) is -0.407. The molecule has 9 atom stereocenters. The van der Waals surface area contributed by atoms with Crippen LogP contribution in [0.4, 0.5) is 4.39 Å². The van der Waals surface area contributed by atoms with Crippen LogP contribution in [0.25, 0.3) is 0 Å². The van der Waals surface area contributed by atoms with Crippen LogP contribution in [0.1, 0.15) is 59.8 Å². The summed E-state index contributed by atoms with van der Waals surface area (Å²) in [4.78, 5) is 12.5. The third-order valence-electron chi connectivity index (χ3n) is 7.51. The molecule has 3 heteroatoms. The van der Waals surface area contributed by atoms with Crippen LogP contribution in [0.5, 0.6) is 0 Å². The Hall–Kier alpha value is -0.600. The van der Waals surface area contributed by atoms with Crippen LogP contribution in [-0.4, -0.2) is 17.7 Å². The van der Waals surface area contributed by atoms with Gasteiger partial charge >= 0.3 is 5.97 Å². The average Bonchev–Trinajstić information content (AvgIpc) is 3.16. The lowest BCUT2D eigenvalue weighted by molar-refractivity contribution is -0.163. The summed E-state index contributed by atoms with van der Waals surface area (Å²) >= 11 is 0. The molecule has 0 aromatic heterocycles. The molecule has 0 aliphatic heterocycles. The Balaban J connectivity index is 1.47. The minimum Gasteiger partial charge on any atom is -0.460 e. The predicted octanol–water partition coefficient (Wildman–Crippen LogP) is 4.62. The van der Waals surface area contributed by atoms with Crippen molar-refractivity contribution < 1.29 is 13.9 Å². The summed E-state index contributed by atoms with van der Waals surface area (Å²) in [6.07, 6.45) is 4.97. The van der Waals surface area contributed by atoms with Crippen LogP contribution in [0.2, 0.25) is 0 Å². The van der Waals surface area contributed by atoms with Gasteiger partial charge in [-0.25, -0.2) is 4.39 Å². The highest BCUT2D eigenvalue weighted by Gasteiger charge is 2.61. The lowest BCUT2D eigenvalue weighted by Crippen LogP contribution is -2.41. The smallest absolute Gasteiger partial charge is 0.309 e. The van der Waals surface area contributed by atoms with E-state index < -0.39 is 11.8 Å². The zero-order chi connectivity index (χ0) is 16.5. The average molecular weight is 322 g/mol. The second kappa shape index (κ2) is 5.20. The second-order valence-corrected chi connectivity index (χ2v) is 9.83. The predicted molar refractivity (Wildman–Crippen MR) is 87.4 cm³/mol. The maximum atomic E-state index is 14.8. The van der Waals surface area contributed by atoms with Gasteiger partial charge in [-0.15, -0.1) is 0 Å². The van der Waals surface area contributed by atoms with Crippen molar-refractivity contribution >= 4 is 5.97 Å². The Kier molecular flexibility index (Phi) is 3.59. The van der Waals surface area contributed by atoms with Crippen LogP contribution in [0.3, 0.4) is 0 Å². The highest BCUT2D eigenvalue weighted by Crippen LogP contribution is 2.64. The number of esters is 1. The zero-order valence-electron chi connectivity index (χ0n) is 14.9. The molecule has 4 fully saturated rings. The molecule has 0 amide bonds. The van der Waals surface area contributed by atoms with E-state index in [0.717, 1.165) is 25.7 Å². The molecule has 130 valence electrons. The van der Waals surface area contributed by atoms with Crippen LogP contribution in [0, 0.1) is 47.3 Å². The van der Waals surface area contributed by atoms with Crippen LogP contribution < -0.4 is 0 Å². The molecule has 4 bridgehead atoms. The maximum Gasteiger partial charge on any atom is 0.309 e. The lowest BCUT2D eigenvalue weighted by atomic mass is 9.65. The first-order valence-electron chi connectivity index (χ1n) is 9.63. The SMILES string of the molecule is CC1C2CC(CC2C(=O)OC(C)(C)C)C1C1C2CCC(C2)C1F. The maximum absolute atomic E-state index is 14.8. The van der Waals surface area contributed by atoms with E-state index in [-0.39, 0.29) is 11.9 Å². The molecule has 4 saturated carbocycles. The second-order valence-electron chi connectivity index (χ2n) is 9.83. The van der Waals surface area contributed by atoms with Gasteiger partial charge in [0.2, 0.25) is 0 Å². The summed E-state index contributed by atoms with van der Waals surface area (Å²) < 4.78 is 20.5. The number of fused-ring (bicyclic) bond motifs is 4. The molecule has 0 spiro atoms. The quantitative estimate of drug-likeness (QED) is 0.693. The van der Waals surface area contributed by atoms with Gasteiger partial charge in [-0.1, -0.05) is 6.92 Å². The Labute approximate surface area is 139 Å². The van der Waals surface area contributed by atoms with Gasteiger partial charge in [-0.3, -0.25) is 4.79 Å². The monoisotopic (exact) mass is 322 g/mol. The zero-order valence-corrected chi connectivity index (χ0v) is 14.9. The van der Waals surface area contributed by atoms with Crippen molar-refractivity contribution in [2.75, 3.05) is 0 Å². The largest absolute Gasteiger partial charge is 0.460 e. The first-order chi connectivity index (χ1) is 10.8. The standard InChI is InChI=1S/C20H31FO2/c1-10-14-8-13(9-15(14)19(22)23-20(2,3)4)16(10)17-11-5-6-12(7-11)18(17)21/h10-18H,5-9H2,1-4H3. The fraction of sp³-hybridized carbons (Fsp3) is 0.950. The molecule has 0 radical (unpaired) electrons. The minimum atomic E-state index is -0.569. The van der Waals surface area contributed by atoms with E-state index in [0.29, 0.717) is 41.4 Å². The summed E-state index contributed by atoms with van der Waals surface area (Å²) in [6, 6.07) is 0. The van der Waals surface area contributed by atoms with E-state index in [9.17, 15) is 9.18 Å². The molecular weight excluding hydrogens is 291 g/mol. The Morgan fingerprint density at radius 2 is 1.70 bits per heavy atom. The van der Waals surface area contributed by atoms with Gasteiger partial charge < -0.3 is 4.74 Å². The topological polar surface area (TPSA) is 26.3 Å². The van der Waals surface area contributed by atoms with Gasteiger partial charge in [0.1, 0.15) is 11.8 Å². The van der Waals surface area contributed by atoms with Gasteiger partial charge in [0.15, 0.2) is 0 Å². The number of carbonyl (C=O) groups excluding carboxylic acids is 1. The summed E-state index contributed by atoms with van der Waals surface area (Å²) in [7, 11) is 0. The number of hydrogen-bond acceptors (Lipinski definition) is 2. The number of halogens is 1. The van der Waals surface area contributed by atoms with Crippen LogP contribution >= 0.6 is 0 Å². The molecule has 4 aliphatic rings. The molecule has 4 aliphatic carbocycles. The van der Waals surface area contributed by atoms with Crippen molar-refractivity contribution in [2.24, 2.45) is 47.3 Å². The highest BCUT2D eigenvalue weighted by molar-refractivity contribution is 5.74. The summed E-state index contributed by atoms with van der Waals surface area (Å²) in [5.74, 6) is 3.28. The molecule has 0 aromatic carbocycles. The highest BCUT2D eigenvalue weighted by atomic mass is 19.1. The molecule has 4 rings (SSSR count). The minimum absolute atomic E-state index is 0.0139. The fourth-order valence-corrected chi connectivity index (χ4v) is 6.83. The van der Waals surface area contributed by atoms with E-state index in [2.05, 4.69) is 6.92 Å². The van der Waals surface area contributed by atoms with E-state index in [1.165, 1.54) is 6.42 Å². The van der Waals surface area contributed by atoms with Crippen molar-refractivity contribution in [3.63, 3.8) is 0 Å². The number of ether oxygens (including phenoxy) is 1. The third kappa shape index (κ3) is 2.44. The fourth-order valence-electron chi connectivity index (χ4n) is 6.83.